The maximum atomic E-state index is 11.9. The van der Waals surface area contributed by atoms with Gasteiger partial charge in [0.15, 0.2) is 0 Å². The van der Waals surface area contributed by atoms with Gasteiger partial charge in [-0.05, 0) is 24.6 Å². The molecule has 2 rings (SSSR count). The first-order valence-corrected chi connectivity index (χ1v) is 7.34. The fourth-order valence-corrected chi connectivity index (χ4v) is 2.93. The molecule has 0 N–H and O–H groups in total. The molecule has 1 fully saturated rings. The Morgan fingerprint density at radius 2 is 2.05 bits per heavy atom. The number of nitrogens with zero attached hydrogens (tertiary/aromatic N) is 1. The van der Waals surface area contributed by atoms with Crippen LogP contribution in [0.15, 0.2) is 24.3 Å². The van der Waals surface area contributed by atoms with Gasteiger partial charge < -0.3 is 4.74 Å². The van der Waals surface area contributed by atoms with E-state index in [2.05, 4.69) is 0 Å². The number of hydrogen-bond donors (Lipinski definition) is 0. The summed E-state index contributed by atoms with van der Waals surface area (Å²) >= 11 is 0. The molecule has 0 bridgehead atoms. The Kier molecular flexibility index (Phi) is 4.31. The second-order valence-corrected chi connectivity index (χ2v) is 5.50. The van der Waals surface area contributed by atoms with Crippen molar-refractivity contribution in [2.24, 2.45) is 0 Å². The van der Waals surface area contributed by atoms with E-state index in [-0.39, 0.29) is 17.6 Å². The first kappa shape index (κ1) is 13.7. The molecule has 1 saturated heterocycles. The maximum absolute atomic E-state index is 11.9. The lowest BCUT2D eigenvalue weighted by Crippen LogP contribution is -2.44. The van der Waals surface area contributed by atoms with Crippen LogP contribution in [0.2, 0.25) is 0 Å². The predicted octanol–water partition coefficient (Wildman–Crippen LogP) is 1.26. The Bertz CT molecular complexity index is 512. The minimum absolute atomic E-state index is 0.0681. The Labute approximate surface area is 114 Å². The van der Waals surface area contributed by atoms with Gasteiger partial charge in [0.1, 0.15) is 11.0 Å². The predicted molar refractivity (Wildman–Crippen MR) is 70.6 cm³/mol. The number of ether oxygens (including phenoxy) is 1. The number of carbonyl (C=O) groups excluding carboxylic acids is 2. The summed E-state index contributed by atoms with van der Waals surface area (Å²) in [5.41, 5.74) is 1.29. The minimum Gasteiger partial charge on any atom is -0.462 e. The molecule has 1 aliphatic rings. The molecule has 0 radical (unpaired) electrons. The molecule has 1 amide bonds. The molecule has 0 saturated carbocycles. The third-order valence-electron chi connectivity index (χ3n) is 2.81. The first-order valence-electron chi connectivity index (χ1n) is 6.06. The molecule has 0 aromatic heterocycles. The van der Waals surface area contributed by atoms with E-state index in [1.54, 1.807) is 31.2 Å². The molecular weight excluding hydrogens is 266 g/mol. The molecule has 0 aliphatic carbocycles. The average molecular weight is 281 g/mol. The summed E-state index contributed by atoms with van der Waals surface area (Å²) < 4.78 is 18.1. The fourth-order valence-electron chi connectivity index (χ4n) is 1.68. The number of amides is 1. The molecule has 1 heterocycles. The van der Waals surface area contributed by atoms with Crippen molar-refractivity contribution in [1.82, 2.24) is 4.31 Å². The second-order valence-electron chi connectivity index (χ2n) is 4.13. The summed E-state index contributed by atoms with van der Waals surface area (Å²) in [5, 5.41) is 0. The zero-order valence-corrected chi connectivity index (χ0v) is 11.4. The summed E-state index contributed by atoms with van der Waals surface area (Å²) in [4.78, 5) is 22.6. The van der Waals surface area contributed by atoms with E-state index < -0.39 is 11.0 Å². The summed E-state index contributed by atoms with van der Waals surface area (Å²) in [7, 11) is -1.31. The van der Waals surface area contributed by atoms with Crippen molar-refractivity contribution in [3.05, 3.63) is 35.4 Å². The Morgan fingerprint density at radius 1 is 1.37 bits per heavy atom. The monoisotopic (exact) mass is 281 g/mol. The van der Waals surface area contributed by atoms with E-state index in [1.807, 2.05) is 0 Å². The Hall–Kier alpha value is -1.69. The van der Waals surface area contributed by atoms with Crippen molar-refractivity contribution < 1.29 is 18.5 Å². The number of carbonyl (C=O) groups is 2. The largest absolute Gasteiger partial charge is 0.462 e. The van der Waals surface area contributed by atoms with Crippen LogP contribution in [-0.4, -0.2) is 33.5 Å². The van der Waals surface area contributed by atoms with Gasteiger partial charge in [-0.25, -0.2) is 9.00 Å². The highest BCUT2D eigenvalue weighted by Crippen LogP contribution is 2.16. The van der Waals surface area contributed by atoms with Gasteiger partial charge in [0.05, 0.1) is 17.9 Å². The van der Waals surface area contributed by atoms with Crippen LogP contribution < -0.4 is 0 Å². The van der Waals surface area contributed by atoms with E-state index in [0.29, 0.717) is 25.1 Å². The van der Waals surface area contributed by atoms with E-state index in [9.17, 15) is 13.8 Å². The Balaban J connectivity index is 1.97. The number of benzene rings is 1. The molecule has 102 valence electrons. The standard InChI is InChI=1S/C13H15NO4S/c1-2-18-13(16)11-5-3-10(4-6-11)9-19(17)14-8-7-12(14)15/h3-6H,2,7-9H2,1H3. The molecule has 1 aromatic carbocycles. The SMILES string of the molecule is CCOC(=O)c1ccc(CS(=O)N2CCC2=O)cc1. The molecule has 1 atom stereocenters. The number of hydrogen-bond acceptors (Lipinski definition) is 4. The van der Waals surface area contributed by atoms with Gasteiger partial charge in [-0.1, -0.05) is 12.1 Å². The van der Waals surface area contributed by atoms with Crippen molar-refractivity contribution in [1.29, 1.82) is 0 Å². The lowest BCUT2D eigenvalue weighted by Gasteiger charge is -2.28. The maximum Gasteiger partial charge on any atom is 0.338 e. The third-order valence-corrected chi connectivity index (χ3v) is 4.27. The number of rotatable bonds is 5. The van der Waals surface area contributed by atoms with Gasteiger partial charge in [-0.15, -0.1) is 0 Å². The van der Waals surface area contributed by atoms with Crippen LogP contribution in [0.25, 0.3) is 0 Å². The van der Waals surface area contributed by atoms with Gasteiger partial charge >= 0.3 is 5.97 Å². The van der Waals surface area contributed by atoms with Gasteiger partial charge in [0, 0.05) is 13.0 Å². The number of β-lactam (4-membered cyclic amide) rings is 1. The zero-order chi connectivity index (χ0) is 13.8. The molecular formula is C13H15NO4S. The van der Waals surface area contributed by atoms with Crippen molar-refractivity contribution in [2.75, 3.05) is 13.2 Å². The van der Waals surface area contributed by atoms with Crippen molar-refractivity contribution in [2.45, 2.75) is 19.1 Å². The van der Waals surface area contributed by atoms with Crippen LogP contribution >= 0.6 is 0 Å². The average Bonchev–Trinajstić information content (AvgIpc) is 2.38. The summed E-state index contributed by atoms with van der Waals surface area (Å²) in [6.45, 7) is 2.65. The first-order chi connectivity index (χ1) is 9.11. The van der Waals surface area contributed by atoms with Gasteiger partial charge in [-0.2, -0.15) is 0 Å². The summed E-state index contributed by atoms with van der Waals surface area (Å²) in [6, 6.07) is 6.74. The molecule has 1 aliphatic heterocycles. The van der Waals surface area contributed by atoms with Gasteiger partial charge in [0.2, 0.25) is 5.91 Å². The lowest BCUT2D eigenvalue weighted by molar-refractivity contribution is -0.132. The van der Waals surface area contributed by atoms with E-state index in [1.165, 1.54) is 4.31 Å². The molecule has 5 nitrogen and oxygen atoms in total. The van der Waals surface area contributed by atoms with Crippen molar-refractivity contribution in [3.8, 4) is 0 Å². The smallest absolute Gasteiger partial charge is 0.338 e. The van der Waals surface area contributed by atoms with Crippen LogP contribution in [-0.2, 0) is 26.3 Å². The second kappa shape index (κ2) is 5.97. The highest BCUT2D eigenvalue weighted by Gasteiger charge is 2.28. The molecule has 19 heavy (non-hydrogen) atoms. The van der Waals surface area contributed by atoms with Crippen LogP contribution in [0.3, 0.4) is 0 Å². The topological polar surface area (TPSA) is 63.7 Å². The summed E-state index contributed by atoms with van der Waals surface area (Å²) in [6.07, 6.45) is 0.480. The molecule has 1 unspecified atom stereocenters. The van der Waals surface area contributed by atoms with Crippen molar-refractivity contribution in [3.63, 3.8) is 0 Å². The van der Waals surface area contributed by atoms with Crippen LogP contribution in [0.4, 0.5) is 0 Å². The van der Waals surface area contributed by atoms with E-state index in [0.717, 1.165) is 5.56 Å². The zero-order valence-electron chi connectivity index (χ0n) is 10.6. The van der Waals surface area contributed by atoms with Gasteiger partial charge in [0.25, 0.3) is 0 Å². The molecule has 1 aromatic rings. The fraction of sp³-hybridized carbons (Fsp3) is 0.385. The molecule has 0 spiro atoms. The normalized spacial score (nSPS) is 15.8. The third kappa shape index (κ3) is 3.20. The minimum atomic E-state index is -1.31. The van der Waals surface area contributed by atoms with E-state index in [4.69, 9.17) is 4.74 Å². The van der Waals surface area contributed by atoms with Crippen LogP contribution in [0.1, 0.15) is 29.3 Å². The quantitative estimate of drug-likeness (QED) is 0.602. The highest BCUT2D eigenvalue weighted by molar-refractivity contribution is 7.82. The van der Waals surface area contributed by atoms with Crippen molar-refractivity contribution >= 4 is 22.9 Å². The highest BCUT2D eigenvalue weighted by atomic mass is 32.2. The Morgan fingerprint density at radius 3 is 2.53 bits per heavy atom. The summed E-state index contributed by atoms with van der Waals surface area (Å²) in [5.74, 6) is -0.149. The van der Waals surface area contributed by atoms with Crippen LogP contribution in [0, 0.1) is 0 Å². The number of esters is 1. The molecule has 6 heteroatoms. The van der Waals surface area contributed by atoms with E-state index >= 15 is 0 Å². The van der Waals surface area contributed by atoms with Gasteiger partial charge in [-0.3, -0.25) is 9.10 Å². The van der Waals surface area contributed by atoms with Crippen LogP contribution in [0.5, 0.6) is 0 Å². The lowest BCUT2D eigenvalue weighted by atomic mass is 10.1.